The molecule has 0 aliphatic carbocycles. The summed E-state index contributed by atoms with van der Waals surface area (Å²) in [6, 6.07) is 6.81. The Hall–Kier alpha value is -2.04. The molecule has 0 unspecified atom stereocenters. The number of hydrogen-bond acceptors (Lipinski definition) is 2. The average molecular weight is 220 g/mol. The van der Waals surface area contributed by atoms with Crippen LogP contribution in [0.25, 0.3) is 0 Å². The summed E-state index contributed by atoms with van der Waals surface area (Å²) >= 11 is 0. The number of benzene rings is 1. The van der Waals surface area contributed by atoms with E-state index in [1.54, 1.807) is 0 Å². The molecule has 0 aromatic heterocycles. The highest BCUT2D eigenvalue weighted by molar-refractivity contribution is 5.97. The maximum absolute atomic E-state index is 11.7. The van der Waals surface area contributed by atoms with Crippen LogP contribution in [0.4, 0.5) is 10.5 Å². The number of amides is 2. The summed E-state index contributed by atoms with van der Waals surface area (Å²) in [4.78, 5) is 22.2. The molecule has 1 atom stereocenters. The van der Waals surface area contributed by atoms with Crippen molar-refractivity contribution in [2.45, 2.75) is 18.9 Å². The molecule has 1 aliphatic heterocycles. The van der Waals surface area contributed by atoms with Crippen LogP contribution in [0.5, 0.6) is 0 Å². The molecule has 5 nitrogen and oxygen atoms in total. The Bertz CT molecular complexity index is 431. The summed E-state index contributed by atoms with van der Waals surface area (Å²) in [5.74, 6) is -0.299. The highest BCUT2D eigenvalue weighted by Crippen LogP contribution is 2.21. The Morgan fingerprint density at radius 2 is 2.19 bits per heavy atom. The molecule has 1 heterocycles. The second kappa shape index (κ2) is 4.22. The Morgan fingerprint density at radius 1 is 1.44 bits per heavy atom. The van der Waals surface area contributed by atoms with Gasteiger partial charge in [0.25, 0.3) is 0 Å². The van der Waals surface area contributed by atoms with Gasteiger partial charge in [0.1, 0.15) is 6.04 Å². The number of fused-ring (bicyclic) bond motifs is 1. The maximum atomic E-state index is 11.7. The van der Waals surface area contributed by atoms with Gasteiger partial charge in [-0.1, -0.05) is 18.2 Å². The molecule has 1 aliphatic rings. The fourth-order valence-electron chi connectivity index (χ4n) is 1.80. The Labute approximate surface area is 92.5 Å². The Balaban J connectivity index is 2.18. The van der Waals surface area contributed by atoms with Crippen LogP contribution in [0.15, 0.2) is 24.3 Å². The highest BCUT2D eigenvalue weighted by Gasteiger charge is 2.24. The number of hydrogen-bond donors (Lipinski definition) is 3. The van der Waals surface area contributed by atoms with Crippen molar-refractivity contribution in [3.05, 3.63) is 29.8 Å². The largest absolute Gasteiger partial charge is 0.465 e. The topological polar surface area (TPSA) is 78.4 Å². The number of para-hydroxylation sites is 1. The van der Waals surface area contributed by atoms with Crippen molar-refractivity contribution in [2.75, 3.05) is 5.32 Å². The van der Waals surface area contributed by atoms with E-state index < -0.39 is 12.1 Å². The van der Waals surface area contributed by atoms with E-state index in [1.165, 1.54) is 0 Å². The zero-order chi connectivity index (χ0) is 11.5. The summed E-state index contributed by atoms with van der Waals surface area (Å²) in [6.07, 6.45) is -0.0132. The van der Waals surface area contributed by atoms with Crippen molar-refractivity contribution >= 4 is 17.7 Å². The van der Waals surface area contributed by atoms with E-state index >= 15 is 0 Å². The van der Waals surface area contributed by atoms with Crippen molar-refractivity contribution in [1.82, 2.24) is 5.32 Å². The number of nitrogens with one attached hydrogen (secondary N) is 2. The first-order valence-corrected chi connectivity index (χ1v) is 5.05. The van der Waals surface area contributed by atoms with Gasteiger partial charge in [-0.3, -0.25) is 4.79 Å². The van der Waals surface area contributed by atoms with Gasteiger partial charge >= 0.3 is 6.09 Å². The van der Waals surface area contributed by atoms with E-state index in [9.17, 15) is 9.59 Å². The second-order valence-corrected chi connectivity index (χ2v) is 3.69. The second-order valence-electron chi connectivity index (χ2n) is 3.69. The van der Waals surface area contributed by atoms with Gasteiger partial charge < -0.3 is 15.7 Å². The fourth-order valence-corrected chi connectivity index (χ4v) is 1.80. The van der Waals surface area contributed by atoms with E-state index in [0.717, 1.165) is 11.3 Å². The zero-order valence-corrected chi connectivity index (χ0v) is 8.56. The number of carbonyl (C=O) groups is 2. The molecule has 3 N–H and O–H groups in total. The third-order valence-electron chi connectivity index (χ3n) is 2.59. The van der Waals surface area contributed by atoms with Crippen LogP contribution in [-0.4, -0.2) is 23.1 Å². The smallest absolute Gasteiger partial charge is 0.405 e. The van der Waals surface area contributed by atoms with Crippen molar-refractivity contribution in [3.8, 4) is 0 Å². The number of carbonyl (C=O) groups excluding carboxylic acids is 1. The van der Waals surface area contributed by atoms with E-state index in [0.29, 0.717) is 12.8 Å². The fraction of sp³-hybridized carbons (Fsp3) is 0.273. The third kappa shape index (κ3) is 2.13. The van der Waals surface area contributed by atoms with Gasteiger partial charge in [-0.15, -0.1) is 0 Å². The normalized spacial score (nSPS) is 19.2. The minimum absolute atomic E-state index is 0.299. The zero-order valence-electron chi connectivity index (χ0n) is 8.56. The van der Waals surface area contributed by atoms with Crippen LogP contribution in [-0.2, 0) is 11.2 Å². The van der Waals surface area contributed by atoms with Crippen LogP contribution >= 0.6 is 0 Å². The van der Waals surface area contributed by atoms with E-state index in [2.05, 4.69) is 10.6 Å². The highest BCUT2D eigenvalue weighted by atomic mass is 16.4. The van der Waals surface area contributed by atoms with Gasteiger partial charge in [-0.05, 0) is 24.5 Å². The molecule has 0 saturated carbocycles. The Morgan fingerprint density at radius 3 is 2.94 bits per heavy atom. The first-order valence-electron chi connectivity index (χ1n) is 5.05. The molecule has 1 aromatic carbocycles. The molecule has 0 fully saturated rings. The Kier molecular flexibility index (Phi) is 2.76. The molecule has 0 saturated heterocycles. The molecule has 16 heavy (non-hydrogen) atoms. The van der Waals surface area contributed by atoms with Crippen LogP contribution < -0.4 is 10.6 Å². The lowest BCUT2D eigenvalue weighted by atomic mass is 10.1. The van der Waals surface area contributed by atoms with Crippen molar-refractivity contribution < 1.29 is 14.7 Å². The van der Waals surface area contributed by atoms with Gasteiger partial charge in [-0.25, -0.2) is 4.79 Å². The SMILES string of the molecule is O=C(O)N[C@H]1CCc2ccccc2NC1=O. The number of carboxylic acid groups (broad SMARTS) is 1. The number of anilines is 1. The van der Waals surface area contributed by atoms with Crippen LogP contribution in [0.3, 0.4) is 0 Å². The molecule has 84 valence electrons. The molecule has 0 spiro atoms. The molecule has 5 heteroatoms. The van der Waals surface area contributed by atoms with Gasteiger partial charge in [0.2, 0.25) is 5.91 Å². The monoisotopic (exact) mass is 220 g/mol. The van der Waals surface area contributed by atoms with Crippen molar-refractivity contribution in [1.29, 1.82) is 0 Å². The molecular formula is C11H12N2O3. The van der Waals surface area contributed by atoms with Gasteiger partial charge in [0, 0.05) is 5.69 Å². The lowest BCUT2D eigenvalue weighted by molar-refractivity contribution is -0.118. The van der Waals surface area contributed by atoms with E-state index in [1.807, 2.05) is 24.3 Å². The summed E-state index contributed by atoms with van der Waals surface area (Å²) in [6.45, 7) is 0. The van der Waals surface area contributed by atoms with Crippen molar-refractivity contribution in [3.63, 3.8) is 0 Å². The van der Waals surface area contributed by atoms with Gasteiger partial charge in [0.05, 0.1) is 0 Å². The van der Waals surface area contributed by atoms with Gasteiger partial charge in [-0.2, -0.15) is 0 Å². The summed E-state index contributed by atoms with van der Waals surface area (Å²) in [7, 11) is 0. The lowest BCUT2D eigenvalue weighted by Gasteiger charge is -2.12. The predicted octanol–water partition coefficient (Wildman–Crippen LogP) is 1.21. The predicted molar refractivity (Wildman–Crippen MR) is 58.3 cm³/mol. The first-order chi connectivity index (χ1) is 7.66. The maximum Gasteiger partial charge on any atom is 0.405 e. The third-order valence-corrected chi connectivity index (χ3v) is 2.59. The molecule has 0 bridgehead atoms. The molecule has 2 amide bonds. The lowest BCUT2D eigenvalue weighted by Crippen LogP contribution is -2.42. The standard InChI is InChI=1S/C11H12N2O3/c14-10-9(13-11(15)16)6-5-7-3-1-2-4-8(7)12-10/h1-4,9,13H,5-6H2,(H,12,14)(H,15,16)/t9-/m0/s1. The molecule has 0 radical (unpaired) electrons. The molecule has 1 aromatic rings. The van der Waals surface area contributed by atoms with E-state index in [-0.39, 0.29) is 5.91 Å². The van der Waals surface area contributed by atoms with Gasteiger partial charge in [0.15, 0.2) is 0 Å². The summed E-state index contributed by atoms with van der Waals surface area (Å²) in [5, 5.41) is 13.5. The minimum atomic E-state index is -1.17. The van der Waals surface area contributed by atoms with Crippen LogP contribution in [0.2, 0.25) is 0 Å². The molecule has 2 rings (SSSR count). The van der Waals surface area contributed by atoms with Crippen LogP contribution in [0, 0.1) is 0 Å². The summed E-state index contributed by atoms with van der Waals surface area (Å²) in [5.41, 5.74) is 1.80. The number of rotatable bonds is 1. The summed E-state index contributed by atoms with van der Waals surface area (Å²) < 4.78 is 0. The van der Waals surface area contributed by atoms with Crippen molar-refractivity contribution in [2.24, 2.45) is 0 Å². The molecular weight excluding hydrogens is 208 g/mol. The first kappa shape index (κ1) is 10.5. The average Bonchev–Trinajstić information content (AvgIpc) is 2.39. The quantitative estimate of drug-likeness (QED) is 0.665. The minimum Gasteiger partial charge on any atom is -0.465 e. The van der Waals surface area contributed by atoms with E-state index in [4.69, 9.17) is 5.11 Å². The van der Waals surface area contributed by atoms with Crippen LogP contribution in [0.1, 0.15) is 12.0 Å². The number of aryl methyl sites for hydroxylation is 1.